The van der Waals surface area contributed by atoms with Gasteiger partial charge in [0.1, 0.15) is 4.99 Å². The molecule has 5 heteroatoms. The first-order chi connectivity index (χ1) is 8.97. The Balaban J connectivity index is 2.26. The zero-order chi connectivity index (χ0) is 14.0. The van der Waals surface area contributed by atoms with Crippen LogP contribution in [0.15, 0.2) is 45.3 Å². The molecule has 0 aliphatic heterocycles. The van der Waals surface area contributed by atoms with Gasteiger partial charge in [-0.1, -0.05) is 28.1 Å². The van der Waals surface area contributed by atoms with Gasteiger partial charge >= 0.3 is 0 Å². The smallest absolute Gasteiger partial charge is 0.105 e. The van der Waals surface area contributed by atoms with E-state index < -0.39 is 0 Å². The van der Waals surface area contributed by atoms with E-state index >= 15 is 0 Å². The lowest BCUT2D eigenvalue weighted by Crippen LogP contribution is -2.10. The van der Waals surface area contributed by atoms with Crippen molar-refractivity contribution in [3.63, 3.8) is 0 Å². The highest BCUT2D eigenvalue weighted by molar-refractivity contribution is 9.10. The van der Waals surface area contributed by atoms with Crippen LogP contribution in [0.25, 0.3) is 0 Å². The third-order valence-electron chi connectivity index (χ3n) is 2.68. The van der Waals surface area contributed by atoms with Crippen molar-refractivity contribution in [2.24, 2.45) is 5.73 Å². The van der Waals surface area contributed by atoms with E-state index in [1.54, 1.807) is 0 Å². The molecule has 0 fully saturated rings. The molecule has 0 amide bonds. The van der Waals surface area contributed by atoms with Crippen LogP contribution in [0.5, 0.6) is 0 Å². The fraction of sp³-hybridized carbons (Fsp3) is 0.0714. The Morgan fingerprint density at radius 2 is 1.68 bits per heavy atom. The second kappa shape index (κ2) is 6.03. The van der Waals surface area contributed by atoms with Gasteiger partial charge in [0.25, 0.3) is 0 Å². The molecule has 0 bridgehead atoms. The van der Waals surface area contributed by atoms with Crippen molar-refractivity contribution < 1.29 is 0 Å². The highest BCUT2D eigenvalue weighted by Gasteiger charge is 2.04. The van der Waals surface area contributed by atoms with Crippen LogP contribution >= 0.6 is 44.1 Å². The number of hydrogen-bond donors (Lipinski definition) is 2. The van der Waals surface area contributed by atoms with Gasteiger partial charge in [0.05, 0.1) is 0 Å². The Kier molecular flexibility index (Phi) is 4.60. The number of nitrogens with two attached hydrogens (primary N) is 1. The lowest BCUT2D eigenvalue weighted by molar-refractivity contribution is 1.41. The Labute approximate surface area is 134 Å². The topological polar surface area (TPSA) is 38.0 Å². The van der Waals surface area contributed by atoms with Crippen LogP contribution < -0.4 is 11.1 Å². The van der Waals surface area contributed by atoms with Crippen molar-refractivity contribution >= 4 is 60.4 Å². The predicted molar refractivity (Wildman–Crippen MR) is 92.2 cm³/mol. The van der Waals surface area contributed by atoms with Crippen molar-refractivity contribution in [1.82, 2.24) is 0 Å². The zero-order valence-corrected chi connectivity index (χ0v) is 14.2. The number of rotatable bonds is 3. The van der Waals surface area contributed by atoms with Crippen LogP contribution in [0.3, 0.4) is 0 Å². The SMILES string of the molecule is Cc1cc(Nc2ccc(C(N)=S)c(Br)c2)ccc1Br. The molecule has 0 aromatic heterocycles. The molecule has 3 N–H and O–H groups in total. The first kappa shape index (κ1) is 14.5. The number of halogens is 2. The van der Waals surface area contributed by atoms with Gasteiger partial charge in [-0.05, 0) is 64.8 Å². The molecule has 0 heterocycles. The second-order valence-electron chi connectivity index (χ2n) is 4.15. The maximum absolute atomic E-state index is 5.63. The lowest BCUT2D eigenvalue weighted by Gasteiger charge is -2.10. The van der Waals surface area contributed by atoms with Crippen LogP contribution in [0, 0.1) is 6.92 Å². The summed E-state index contributed by atoms with van der Waals surface area (Å²) in [5, 5.41) is 3.34. The molecule has 2 aromatic rings. The van der Waals surface area contributed by atoms with Gasteiger partial charge in [0.2, 0.25) is 0 Å². The first-order valence-electron chi connectivity index (χ1n) is 5.60. The minimum Gasteiger partial charge on any atom is -0.389 e. The summed E-state index contributed by atoms with van der Waals surface area (Å²) >= 11 is 11.9. The third kappa shape index (κ3) is 3.55. The van der Waals surface area contributed by atoms with E-state index in [9.17, 15) is 0 Å². The minimum atomic E-state index is 0.387. The molecular weight excluding hydrogens is 388 g/mol. The molecular formula is C14H12Br2N2S. The predicted octanol–water partition coefficient (Wildman–Crippen LogP) is 4.90. The third-order valence-corrected chi connectivity index (χ3v) is 4.45. The molecule has 0 saturated heterocycles. The summed E-state index contributed by atoms with van der Waals surface area (Å²) in [6, 6.07) is 11.9. The van der Waals surface area contributed by atoms with Crippen LogP contribution in [0.1, 0.15) is 11.1 Å². The number of thiocarbonyl (C=S) groups is 1. The van der Waals surface area contributed by atoms with Crippen LogP contribution in [0.4, 0.5) is 11.4 Å². The molecule has 0 aliphatic carbocycles. The van der Waals surface area contributed by atoms with Crippen LogP contribution in [-0.2, 0) is 0 Å². The van der Waals surface area contributed by atoms with Crippen molar-refractivity contribution in [1.29, 1.82) is 0 Å². The Bertz CT molecular complexity index is 641. The summed E-state index contributed by atoms with van der Waals surface area (Å²) in [6.07, 6.45) is 0. The van der Waals surface area contributed by atoms with Gasteiger partial charge in [-0.25, -0.2) is 0 Å². The first-order valence-corrected chi connectivity index (χ1v) is 7.59. The van der Waals surface area contributed by atoms with Crippen LogP contribution in [0.2, 0.25) is 0 Å². The number of nitrogens with one attached hydrogen (secondary N) is 1. The van der Waals surface area contributed by atoms with Gasteiger partial charge in [-0.2, -0.15) is 0 Å². The summed E-state index contributed by atoms with van der Waals surface area (Å²) in [5.41, 5.74) is 9.67. The van der Waals surface area contributed by atoms with E-state index in [0.717, 1.165) is 25.9 Å². The van der Waals surface area contributed by atoms with E-state index in [4.69, 9.17) is 18.0 Å². The van der Waals surface area contributed by atoms with E-state index in [2.05, 4.69) is 50.2 Å². The van der Waals surface area contributed by atoms with E-state index in [-0.39, 0.29) is 0 Å². The summed E-state index contributed by atoms with van der Waals surface area (Å²) < 4.78 is 1.99. The van der Waals surface area contributed by atoms with Gasteiger partial charge in [0.15, 0.2) is 0 Å². The lowest BCUT2D eigenvalue weighted by atomic mass is 10.2. The molecule has 0 atom stereocenters. The van der Waals surface area contributed by atoms with E-state index in [1.165, 1.54) is 5.56 Å². The van der Waals surface area contributed by atoms with Gasteiger partial charge in [0, 0.05) is 25.9 Å². The number of benzene rings is 2. The second-order valence-corrected chi connectivity index (χ2v) is 6.30. The van der Waals surface area contributed by atoms with E-state index in [1.807, 2.05) is 30.3 Å². The fourth-order valence-corrected chi connectivity index (χ4v) is 2.83. The van der Waals surface area contributed by atoms with Gasteiger partial charge in [-0.3, -0.25) is 0 Å². The molecule has 0 spiro atoms. The Hall–Kier alpha value is -0.910. The highest BCUT2D eigenvalue weighted by Crippen LogP contribution is 2.26. The molecule has 19 heavy (non-hydrogen) atoms. The fourth-order valence-electron chi connectivity index (χ4n) is 1.68. The van der Waals surface area contributed by atoms with Crippen molar-refractivity contribution in [2.45, 2.75) is 6.92 Å². The quantitative estimate of drug-likeness (QED) is 0.721. The summed E-state index contributed by atoms with van der Waals surface area (Å²) in [6.45, 7) is 2.06. The summed E-state index contributed by atoms with van der Waals surface area (Å²) in [7, 11) is 0. The monoisotopic (exact) mass is 398 g/mol. The highest BCUT2D eigenvalue weighted by atomic mass is 79.9. The maximum atomic E-state index is 5.63. The Morgan fingerprint density at radius 1 is 1.05 bits per heavy atom. The molecule has 0 aliphatic rings. The minimum absolute atomic E-state index is 0.387. The largest absolute Gasteiger partial charge is 0.389 e. The Morgan fingerprint density at radius 3 is 2.26 bits per heavy atom. The van der Waals surface area contributed by atoms with Crippen molar-refractivity contribution in [2.75, 3.05) is 5.32 Å². The molecule has 0 saturated carbocycles. The standard InChI is InChI=1S/C14H12Br2N2S/c1-8-6-9(3-5-12(8)15)18-10-2-4-11(14(17)19)13(16)7-10/h2-7,18H,1H3,(H2,17,19). The molecule has 0 radical (unpaired) electrons. The molecule has 98 valence electrons. The van der Waals surface area contributed by atoms with Gasteiger partial charge < -0.3 is 11.1 Å². The number of hydrogen-bond acceptors (Lipinski definition) is 2. The summed E-state index contributed by atoms with van der Waals surface area (Å²) in [5.74, 6) is 0. The number of anilines is 2. The molecule has 2 nitrogen and oxygen atoms in total. The summed E-state index contributed by atoms with van der Waals surface area (Å²) in [4.78, 5) is 0.387. The van der Waals surface area contributed by atoms with E-state index in [0.29, 0.717) is 4.99 Å². The van der Waals surface area contributed by atoms with Crippen LogP contribution in [-0.4, -0.2) is 4.99 Å². The zero-order valence-electron chi connectivity index (χ0n) is 10.2. The average molecular weight is 400 g/mol. The number of aryl methyl sites for hydroxylation is 1. The maximum Gasteiger partial charge on any atom is 0.105 e. The van der Waals surface area contributed by atoms with Crippen molar-refractivity contribution in [3.05, 3.63) is 56.5 Å². The van der Waals surface area contributed by atoms with Crippen molar-refractivity contribution in [3.8, 4) is 0 Å². The normalized spacial score (nSPS) is 10.3. The van der Waals surface area contributed by atoms with Gasteiger partial charge in [-0.15, -0.1) is 0 Å². The average Bonchev–Trinajstić information content (AvgIpc) is 2.33. The molecule has 0 unspecified atom stereocenters. The molecule has 2 rings (SSSR count). The molecule has 2 aromatic carbocycles.